The summed E-state index contributed by atoms with van der Waals surface area (Å²) in [6.07, 6.45) is 4.25. The number of carboxylic acid groups (broad SMARTS) is 1. The minimum Gasteiger partial charge on any atom is -0.481 e. The standard InChI is InChI=1S/C15H21NO4S/c17-15(18)14(12-7-3-1-4-8-12)11-16-21(19,20)13-9-5-2-6-10-13/h1,3-4,7-8,13-14,16H,2,5-6,9-11H2,(H,17,18). The highest BCUT2D eigenvalue weighted by atomic mass is 32.2. The fraction of sp³-hybridized carbons (Fsp3) is 0.533. The maximum Gasteiger partial charge on any atom is 0.312 e. The lowest BCUT2D eigenvalue weighted by Crippen LogP contribution is -2.39. The van der Waals surface area contributed by atoms with Gasteiger partial charge in [-0.1, -0.05) is 49.6 Å². The van der Waals surface area contributed by atoms with Crippen molar-refractivity contribution in [1.29, 1.82) is 0 Å². The SMILES string of the molecule is O=C(O)C(CNS(=O)(=O)C1CCCCC1)c1ccccc1. The van der Waals surface area contributed by atoms with E-state index in [-0.39, 0.29) is 11.8 Å². The van der Waals surface area contributed by atoms with Gasteiger partial charge in [0.2, 0.25) is 10.0 Å². The molecule has 1 unspecified atom stereocenters. The molecule has 1 saturated carbocycles. The summed E-state index contributed by atoms with van der Waals surface area (Å²) in [4.78, 5) is 11.4. The first kappa shape index (κ1) is 16.0. The molecule has 0 saturated heterocycles. The van der Waals surface area contributed by atoms with Crippen LogP contribution in [0.25, 0.3) is 0 Å². The zero-order valence-corrected chi connectivity index (χ0v) is 12.7. The van der Waals surface area contributed by atoms with Gasteiger partial charge in [0.1, 0.15) is 0 Å². The molecule has 6 heteroatoms. The van der Waals surface area contributed by atoms with Crippen LogP contribution < -0.4 is 4.72 Å². The molecular weight excluding hydrogens is 290 g/mol. The van der Waals surface area contributed by atoms with Gasteiger partial charge >= 0.3 is 5.97 Å². The van der Waals surface area contributed by atoms with E-state index in [9.17, 15) is 18.3 Å². The predicted molar refractivity (Wildman–Crippen MR) is 80.6 cm³/mol. The molecule has 1 atom stereocenters. The zero-order valence-electron chi connectivity index (χ0n) is 11.9. The fourth-order valence-corrected chi connectivity index (χ4v) is 4.31. The predicted octanol–water partition coefficient (Wildman–Crippen LogP) is 2.11. The molecule has 0 amide bonds. The van der Waals surface area contributed by atoms with E-state index in [1.54, 1.807) is 30.3 Å². The Hall–Kier alpha value is -1.40. The third kappa shape index (κ3) is 4.28. The van der Waals surface area contributed by atoms with E-state index in [1.807, 2.05) is 0 Å². The first-order valence-corrected chi connectivity index (χ1v) is 8.81. The number of aliphatic carboxylic acids is 1. The zero-order chi connectivity index (χ0) is 15.3. The average Bonchev–Trinajstić information content (AvgIpc) is 2.49. The van der Waals surface area contributed by atoms with Crippen LogP contribution in [-0.4, -0.2) is 31.3 Å². The summed E-state index contributed by atoms with van der Waals surface area (Å²) in [6.45, 7) is -0.0990. The van der Waals surface area contributed by atoms with Crippen molar-refractivity contribution in [3.8, 4) is 0 Å². The lowest BCUT2D eigenvalue weighted by atomic mass is 10.00. The smallest absolute Gasteiger partial charge is 0.312 e. The molecule has 5 nitrogen and oxygen atoms in total. The lowest BCUT2D eigenvalue weighted by molar-refractivity contribution is -0.138. The first-order chi connectivity index (χ1) is 10.0. The van der Waals surface area contributed by atoms with E-state index in [1.165, 1.54) is 0 Å². The Labute approximate surface area is 125 Å². The van der Waals surface area contributed by atoms with Crippen LogP contribution in [0.1, 0.15) is 43.6 Å². The summed E-state index contributed by atoms with van der Waals surface area (Å²) < 4.78 is 27.0. The molecule has 0 bridgehead atoms. The molecule has 1 aromatic rings. The van der Waals surface area contributed by atoms with E-state index < -0.39 is 21.9 Å². The minimum atomic E-state index is -3.43. The fourth-order valence-electron chi connectivity index (χ4n) is 2.73. The van der Waals surface area contributed by atoms with Crippen molar-refractivity contribution in [2.45, 2.75) is 43.3 Å². The highest BCUT2D eigenvalue weighted by molar-refractivity contribution is 7.90. The lowest BCUT2D eigenvalue weighted by Gasteiger charge is -2.23. The number of benzene rings is 1. The van der Waals surface area contributed by atoms with Crippen molar-refractivity contribution in [2.24, 2.45) is 0 Å². The monoisotopic (exact) mass is 311 g/mol. The molecule has 1 aromatic carbocycles. The van der Waals surface area contributed by atoms with E-state index in [2.05, 4.69) is 4.72 Å². The third-order valence-corrected chi connectivity index (χ3v) is 5.90. The van der Waals surface area contributed by atoms with Crippen LogP contribution in [0.2, 0.25) is 0 Å². The van der Waals surface area contributed by atoms with E-state index in [0.717, 1.165) is 19.3 Å². The van der Waals surface area contributed by atoms with Crippen molar-refractivity contribution in [3.63, 3.8) is 0 Å². The van der Waals surface area contributed by atoms with Gasteiger partial charge in [-0.3, -0.25) is 4.79 Å². The molecule has 1 fully saturated rings. The van der Waals surface area contributed by atoms with Crippen molar-refractivity contribution >= 4 is 16.0 Å². The van der Waals surface area contributed by atoms with Gasteiger partial charge in [0.05, 0.1) is 11.2 Å². The Morgan fingerprint density at radius 1 is 1.19 bits per heavy atom. The van der Waals surface area contributed by atoms with Crippen molar-refractivity contribution in [3.05, 3.63) is 35.9 Å². The molecule has 21 heavy (non-hydrogen) atoms. The Morgan fingerprint density at radius 3 is 2.38 bits per heavy atom. The highest BCUT2D eigenvalue weighted by Gasteiger charge is 2.29. The summed E-state index contributed by atoms with van der Waals surface area (Å²) in [5, 5.41) is 8.92. The molecule has 116 valence electrons. The summed E-state index contributed by atoms with van der Waals surface area (Å²) in [5.74, 6) is -1.88. The molecule has 0 heterocycles. The highest BCUT2D eigenvalue weighted by Crippen LogP contribution is 2.23. The molecule has 0 aliphatic heterocycles. The minimum absolute atomic E-state index is 0.0990. The molecule has 1 aliphatic carbocycles. The Balaban J connectivity index is 2.03. The third-order valence-electron chi connectivity index (χ3n) is 3.98. The van der Waals surface area contributed by atoms with Crippen LogP contribution >= 0.6 is 0 Å². The van der Waals surface area contributed by atoms with Crippen molar-refractivity contribution < 1.29 is 18.3 Å². The maximum atomic E-state index is 12.2. The number of carboxylic acids is 1. The second kappa shape index (κ2) is 7.04. The number of sulfonamides is 1. The van der Waals surface area contributed by atoms with Crippen molar-refractivity contribution in [2.75, 3.05) is 6.54 Å². The summed E-state index contributed by atoms with van der Waals surface area (Å²) in [7, 11) is -3.43. The van der Waals surface area contributed by atoms with Gasteiger partial charge in [-0.15, -0.1) is 0 Å². The Kier molecular flexibility index (Phi) is 5.36. The summed E-state index contributed by atoms with van der Waals surface area (Å²) in [6, 6.07) is 8.71. The number of hydrogen-bond donors (Lipinski definition) is 2. The van der Waals surface area contributed by atoms with Crippen LogP contribution in [0.15, 0.2) is 30.3 Å². The second-order valence-corrected chi connectivity index (χ2v) is 7.50. The molecule has 0 spiro atoms. The molecule has 0 radical (unpaired) electrons. The van der Waals surface area contributed by atoms with Crippen LogP contribution in [0.4, 0.5) is 0 Å². The van der Waals surface area contributed by atoms with Gasteiger partial charge in [0.25, 0.3) is 0 Å². The van der Waals surface area contributed by atoms with E-state index in [4.69, 9.17) is 0 Å². The molecule has 1 aliphatic rings. The van der Waals surface area contributed by atoms with Gasteiger partial charge in [-0.2, -0.15) is 0 Å². The second-order valence-electron chi connectivity index (χ2n) is 5.45. The van der Waals surface area contributed by atoms with Gasteiger partial charge in [-0.25, -0.2) is 13.1 Å². The van der Waals surface area contributed by atoms with Gasteiger partial charge < -0.3 is 5.11 Å². The van der Waals surface area contributed by atoms with Crippen molar-refractivity contribution in [1.82, 2.24) is 4.72 Å². The quantitative estimate of drug-likeness (QED) is 0.843. The van der Waals surface area contributed by atoms with Crippen LogP contribution in [0, 0.1) is 0 Å². The maximum absolute atomic E-state index is 12.2. The molecule has 2 rings (SSSR count). The summed E-state index contributed by atoms with van der Waals surface area (Å²) >= 11 is 0. The molecule has 0 aromatic heterocycles. The first-order valence-electron chi connectivity index (χ1n) is 7.27. The normalized spacial score (nSPS) is 18.3. The topological polar surface area (TPSA) is 83.5 Å². The number of rotatable bonds is 6. The number of carbonyl (C=O) groups is 1. The van der Waals surface area contributed by atoms with Gasteiger partial charge in [0, 0.05) is 6.54 Å². The van der Waals surface area contributed by atoms with Gasteiger partial charge in [0.15, 0.2) is 0 Å². The van der Waals surface area contributed by atoms with Crippen LogP contribution in [0.3, 0.4) is 0 Å². The Morgan fingerprint density at radius 2 is 1.81 bits per heavy atom. The van der Waals surface area contributed by atoms with Crippen LogP contribution in [-0.2, 0) is 14.8 Å². The van der Waals surface area contributed by atoms with E-state index in [0.29, 0.717) is 18.4 Å². The molecule has 2 N–H and O–H groups in total. The Bertz CT molecular complexity index is 565. The number of nitrogens with one attached hydrogen (secondary N) is 1. The molecular formula is C15H21NO4S. The summed E-state index contributed by atoms with van der Waals surface area (Å²) in [5.41, 5.74) is 0.608. The van der Waals surface area contributed by atoms with E-state index >= 15 is 0 Å². The average molecular weight is 311 g/mol. The number of hydrogen-bond acceptors (Lipinski definition) is 3. The van der Waals surface area contributed by atoms with Gasteiger partial charge in [-0.05, 0) is 18.4 Å². The van der Waals surface area contributed by atoms with Crippen LogP contribution in [0.5, 0.6) is 0 Å². The largest absolute Gasteiger partial charge is 0.481 e.